The first-order chi connectivity index (χ1) is 8.21. The topological polar surface area (TPSA) is 55.1 Å². The minimum atomic E-state index is -0.572. The fourth-order valence-electron chi connectivity index (χ4n) is 2.76. The molecule has 1 aliphatic heterocycles. The molecule has 1 saturated heterocycles. The van der Waals surface area contributed by atoms with Gasteiger partial charge in [-0.3, -0.25) is 4.79 Å². The van der Waals surface area contributed by atoms with Crippen molar-refractivity contribution in [3.05, 3.63) is 0 Å². The first kappa shape index (κ1) is 13.2. The molecule has 17 heavy (non-hydrogen) atoms. The Morgan fingerprint density at radius 3 is 2.65 bits per heavy atom. The molecule has 98 valence electrons. The summed E-state index contributed by atoms with van der Waals surface area (Å²) in [7, 11) is 0. The van der Waals surface area contributed by atoms with Crippen LogP contribution in [0.1, 0.15) is 51.4 Å². The number of carbonyl (C=O) groups excluding carboxylic acids is 1. The molecular formula is C13H24N2OS. The molecule has 0 radical (unpaired) electrons. The number of hydrogen-bond acceptors (Lipinski definition) is 3. The number of rotatable bonds is 3. The maximum absolute atomic E-state index is 12.1. The van der Waals surface area contributed by atoms with E-state index in [1.165, 1.54) is 31.4 Å². The maximum Gasteiger partial charge on any atom is 0.240 e. The Morgan fingerprint density at radius 1 is 1.24 bits per heavy atom. The van der Waals surface area contributed by atoms with E-state index in [0.29, 0.717) is 5.25 Å². The second kappa shape index (κ2) is 6.10. The van der Waals surface area contributed by atoms with Crippen LogP contribution in [-0.4, -0.2) is 29.0 Å². The Kier molecular flexibility index (Phi) is 4.74. The maximum atomic E-state index is 12.1. The Labute approximate surface area is 108 Å². The van der Waals surface area contributed by atoms with Gasteiger partial charge in [0.25, 0.3) is 0 Å². The van der Waals surface area contributed by atoms with Crippen LogP contribution < -0.4 is 11.1 Å². The van der Waals surface area contributed by atoms with Gasteiger partial charge in [-0.1, -0.05) is 25.7 Å². The van der Waals surface area contributed by atoms with Crippen LogP contribution in [0, 0.1) is 0 Å². The highest BCUT2D eigenvalue weighted by Gasteiger charge is 2.35. The molecule has 0 aromatic rings. The van der Waals surface area contributed by atoms with E-state index in [-0.39, 0.29) is 5.91 Å². The van der Waals surface area contributed by atoms with Gasteiger partial charge in [-0.25, -0.2) is 0 Å². The van der Waals surface area contributed by atoms with Crippen molar-refractivity contribution in [2.75, 3.05) is 12.3 Å². The second-order valence-electron chi connectivity index (χ2n) is 5.42. The SMILES string of the molecule is NC1(C(=O)NCC2CCCCS2)CCCCC1. The van der Waals surface area contributed by atoms with Gasteiger partial charge in [-0.2, -0.15) is 11.8 Å². The van der Waals surface area contributed by atoms with E-state index in [2.05, 4.69) is 5.32 Å². The number of thioether (sulfide) groups is 1. The van der Waals surface area contributed by atoms with Crippen molar-refractivity contribution in [1.82, 2.24) is 5.32 Å². The van der Waals surface area contributed by atoms with Crippen LogP contribution >= 0.6 is 11.8 Å². The highest BCUT2D eigenvalue weighted by molar-refractivity contribution is 7.99. The third-order valence-electron chi connectivity index (χ3n) is 3.96. The van der Waals surface area contributed by atoms with E-state index in [0.717, 1.165) is 32.2 Å². The van der Waals surface area contributed by atoms with Crippen LogP contribution in [0.3, 0.4) is 0 Å². The highest BCUT2D eigenvalue weighted by atomic mass is 32.2. The molecule has 2 aliphatic rings. The molecule has 1 unspecified atom stereocenters. The Hall–Kier alpha value is -0.220. The van der Waals surface area contributed by atoms with Crippen molar-refractivity contribution in [3.8, 4) is 0 Å². The summed E-state index contributed by atoms with van der Waals surface area (Å²) in [6.07, 6.45) is 9.02. The van der Waals surface area contributed by atoms with E-state index in [9.17, 15) is 4.79 Å². The summed E-state index contributed by atoms with van der Waals surface area (Å²) in [6, 6.07) is 0. The lowest BCUT2D eigenvalue weighted by Crippen LogP contribution is -2.55. The van der Waals surface area contributed by atoms with Gasteiger partial charge >= 0.3 is 0 Å². The zero-order valence-corrected chi connectivity index (χ0v) is 11.4. The minimum Gasteiger partial charge on any atom is -0.353 e. The monoisotopic (exact) mass is 256 g/mol. The van der Waals surface area contributed by atoms with Crippen LogP contribution in [0.4, 0.5) is 0 Å². The molecule has 4 heteroatoms. The van der Waals surface area contributed by atoms with E-state index >= 15 is 0 Å². The van der Waals surface area contributed by atoms with E-state index in [1.807, 2.05) is 11.8 Å². The summed E-state index contributed by atoms with van der Waals surface area (Å²) >= 11 is 2.00. The molecule has 1 atom stereocenters. The average Bonchev–Trinajstić information content (AvgIpc) is 2.38. The molecule has 0 aromatic heterocycles. The fourth-order valence-corrected chi connectivity index (χ4v) is 4.00. The third-order valence-corrected chi connectivity index (χ3v) is 5.36. The predicted molar refractivity (Wildman–Crippen MR) is 73.1 cm³/mol. The molecule has 1 heterocycles. The lowest BCUT2D eigenvalue weighted by Gasteiger charge is -2.32. The quantitative estimate of drug-likeness (QED) is 0.812. The average molecular weight is 256 g/mol. The van der Waals surface area contributed by atoms with Gasteiger partial charge in [0, 0.05) is 11.8 Å². The number of nitrogens with one attached hydrogen (secondary N) is 1. The van der Waals surface area contributed by atoms with Crippen molar-refractivity contribution in [2.45, 2.75) is 62.2 Å². The molecule has 0 bridgehead atoms. The van der Waals surface area contributed by atoms with Crippen LogP contribution in [0.25, 0.3) is 0 Å². The summed E-state index contributed by atoms with van der Waals surface area (Å²) in [6.45, 7) is 0.808. The Morgan fingerprint density at radius 2 is 2.00 bits per heavy atom. The molecular weight excluding hydrogens is 232 g/mol. The summed E-state index contributed by atoms with van der Waals surface area (Å²) in [5.41, 5.74) is 5.63. The number of amides is 1. The van der Waals surface area contributed by atoms with E-state index in [1.54, 1.807) is 0 Å². The Bertz CT molecular complexity index is 258. The first-order valence-electron chi connectivity index (χ1n) is 6.89. The summed E-state index contributed by atoms with van der Waals surface area (Å²) < 4.78 is 0. The fraction of sp³-hybridized carbons (Fsp3) is 0.923. The summed E-state index contributed by atoms with van der Waals surface area (Å²) in [4.78, 5) is 12.1. The normalized spacial score (nSPS) is 28.6. The molecule has 2 rings (SSSR count). The van der Waals surface area contributed by atoms with Crippen LogP contribution in [-0.2, 0) is 4.79 Å². The molecule has 0 aromatic carbocycles. The van der Waals surface area contributed by atoms with Gasteiger partial charge in [-0.15, -0.1) is 0 Å². The van der Waals surface area contributed by atoms with Gasteiger partial charge < -0.3 is 11.1 Å². The molecule has 0 spiro atoms. The molecule has 3 N–H and O–H groups in total. The highest BCUT2D eigenvalue weighted by Crippen LogP contribution is 2.27. The van der Waals surface area contributed by atoms with E-state index in [4.69, 9.17) is 5.73 Å². The summed E-state index contributed by atoms with van der Waals surface area (Å²) in [5, 5.41) is 3.69. The van der Waals surface area contributed by atoms with Crippen LogP contribution in [0.2, 0.25) is 0 Å². The van der Waals surface area contributed by atoms with Crippen molar-refractivity contribution in [2.24, 2.45) is 5.73 Å². The van der Waals surface area contributed by atoms with Gasteiger partial charge in [0.2, 0.25) is 5.91 Å². The largest absolute Gasteiger partial charge is 0.353 e. The summed E-state index contributed by atoms with van der Waals surface area (Å²) in [5.74, 6) is 1.33. The van der Waals surface area contributed by atoms with Crippen molar-refractivity contribution < 1.29 is 4.79 Å². The van der Waals surface area contributed by atoms with Gasteiger partial charge in [0.05, 0.1) is 5.54 Å². The predicted octanol–water partition coefficient (Wildman–Crippen LogP) is 2.05. The molecule has 3 nitrogen and oxygen atoms in total. The van der Waals surface area contributed by atoms with Crippen LogP contribution in [0.5, 0.6) is 0 Å². The zero-order chi connectivity index (χ0) is 12.1. The third kappa shape index (κ3) is 3.62. The molecule has 2 fully saturated rings. The second-order valence-corrected chi connectivity index (χ2v) is 6.82. The van der Waals surface area contributed by atoms with Crippen LogP contribution in [0.15, 0.2) is 0 Å². The van der Waals surface area contributed by atoms with Crippen molar-refractivity contribution >= 4 is 17.7 Å². The first-order valence-corrected chi connectivity index (χ1v) is 7.94. The van der Waals surface area contributed by atoms with E-state index < -0.39 is 5.54 Å². The van der Waals surface area contributed by atoms with Gasteiger partial charge in [0.1, 0.15) is 0 Å². The molecule has 1 aliphatic carbocycles. The number of hydrogen-bond donors (Lipinski definition) is 2. The Balaban J connectivity index is 1.75. The van der Waals surface area contributed by atoms with Crippen molar-refractivity contribution in [1.29, 1.82) is 0 Å². The molecule has 1 amide bonds. The van der Waals surface area contributed by atoms with Gasteiger partial charge in [0.15, 0.2) is 0 Å². The standard InChI is InChI=1S/C13H24N2OS/c14-13(7-3-1-4-8-13)12(16)15-10-11-6-2-5-9-17-11/h11H,1-10,14H2,(H,15,16). The van der Waals surface area contributed by atoms with Gasteiger partial charge in [-0.05, 0) is 31.4 Å². The number of carbonyl (C=O) groups is 1. The zero-order valence-electron chi connectivity index (χ0n) is 10.5. The molecule has 1 saturated carbocycles. The lowest BCUT2D eigenvalue weighted by atomic mass is 9.82. The number of nitrogens with two attached hydrogens (primary N) is 1. The smallest absolute Gasteiger partial charge is 0.240 e. The van der Waals surface area contributed by atoms with Crippen molar-refractivity contribution in [3.63, 3.8) is 0 Å². The minimum absolute atomic E-state index is 0.0865. The lowest BCUT2D eigenvalue weighted by molar-refractivity contribution is -0.127.